The lowest BCUT2D eigenvalue weighted by Gasteiger charge is -2.02. The van der Waals surface area contributed by atoms with E-state index in [4.69, 9.17) is 4.42 Å². The Morgan fingerprint density at radius 3 is 2.67 bits per heavy atom. The molecule has 0 saturated heterocycles. The van der Waals surface area contributed by atoms with E-state index in [-0.39, 0.29) is 0 Å². The minimum atomic E-state index is 0.671. The number of nitrogens with zero attached hydrogens (tertiary/aromatic N) is 2. The van der Waals surface area contributed by atoms with Crippen molar-refractivity contribution in [1.82, 2.24) is 9.97 Å². The zero-order valence-electron chi connectivity index (χ0n) is 11.7. The minimum absolute atomic E-state index is 0.671. The maximum atomic E-state index is 5.94. The highest BCUT2D eigenvalue weighted by Gasteiger charge is 2.12. The van der Waals surface area contributed by atoms with Gasteiger partial charge in [-0.3, -0.25) is 4.98 Å². The van der Waals surface area contributed by atoms with Crippen molar-refractivity contribution in [3.05, 3.63) is 60.4 Å². The highest BCUT2D eigenvalue weighted by atomic mass is 16.3. The molecule has 3 aromatic heterocycles. The van der Waals surface area contributed by atoms with Crippen LogP contribution in [0.15, 0.2) is 59.3 Å². The lowest BCUT2D eigenvalue weighted by molar-refractivity contribution is 0.655. The maximum absolute atomic E-state index is 5.94. The summed E-state index contributed by atoms with van der Waals surface area (Å²) in [5.41, 5.74) is 4.69. The fourth-order valence-electron chi connectivity index (χ4n) is 2.63. The Hall–Kier alpha value is -2.68. The molecule has 21 heavy (non-hydrogen) atoms. The lowest BCUT2D eigenvalue weighted by Crippen LogP contribution is -1.86. The average Bonchev–Trinajstić information content (AvgIpc) is 2.94. The van der Waals surface area contributed by atoms with Crippen LogP contribution in [0.25, 0.3) is 33.3 Å². The van der Waals surface area contributed by atoms with Crippen LogP contribution < -0.4 is 0 Å². The molecule has 102 valence electrons. The first-order valence-electron chi connectivity index (χ1n) is 7.08. The third-order valence-corrected chi connectivity index (χ3v) is 3.78. The van der Waals surface area contributed by atoms with E-state index in [0.717, 1.165) is 34.0 Å². The van der Waals surface area contributed by atoms with Gasteiger partial charge >= 0.3 is 0 Å². The number of benzene rings is 1. The molecule has 0 aliphatic rings. The van der Waals surface area contributed by atoms with Crippen molar-refractivity contribution in [1.29, 1.82) is 0 Å². The molecule has 3 heterocycles. The number of para-hydroxylation sites is 1. The molecule has 1 aromatic carbocycles. The number of hydrogen-bond acceptors (Lipinski definition) is 3. The van der Waals surface area contributed by atoms with Crippen molar-refractivity contribution in [2.45, 2.75) is 13.3 Å². The summed E-state index contributed by atoms with van der Waals surface area (Å²) in [6.07, 6.45) is 4.67. The average molecular weight is 274 g/mol. The highest BCUT2D eigenvalue weighted by Crippen LogP contribution is 2.33. The second-order valence-corrected chi connectivity index (χ2v) is 5.05. The highest BCUT2D eigenvalue weighted by molar-refractivity contribution is 6.08. The Morgan fingerprint density at radius 2 is 1.86 bits per heavy atom. The third-order valence-electron chi connectivity index (χ3n) is 3.78. The van der Waals surface area contributed by atoms with Crippen molar-refractivity contribution in [3.63, 3.8) is 0 Å². The van der Waals surface area contributed by atoms with Gasteiger partial charge in [-0.25, -0.2) is 4.98 Å². The molecule has 4 aromatic rings. The van der Waals surface area contributed by atoms with Crippen LogP contribution in [0.1, 0.15) is 12.5 Å². The van der Waals surface area contributed by atoms with E-state index in [0.29, 0.717) is 5.71 Å². The van der Waals surface area contributed by atoms with E-state index < -0.39 is 0 Å². The van der Waals surface area contributed by atoms with Gasteiger partial charge in [-0.2, -0.15) is 0 Å². The van der Waals surface area contributed by atoms with Crippen molar-refractivity contribution >= 4 is 22.1 Å². The number of rotatable bonds is 2. The van der Waals surface area contributed by atoms with Crippen LogP contribution in [-0.4, -0.2) is 9.97 Å². The van der Waals surface area contributed by atoms with Gasteiger partial charge in [0.2, 0.25) is 5.71 Å². The molecular weight excluding hydrogens is 260 g/mol. The Labute approximate surface area is 122 Å². The summed E-state index contributed by atoms with van der Waals surface area (Å²) in [6.45, 7) is 2.13. The van der Waals surface area contributed by atoms with E-state index in [9.17, 15) is 0 Å². The van der Waals surface area contributed by atoms with Crippen LogP contribution in [0.4, 0.5) is 0 Å². The Bertz CT molecular complexity index is 923. The van der Waals surface area contributed by atoms with Gasteiger partial charge in [-0.15, -0.1) is 0 Å². The standard InChI is InChI=1S/C18H14N2O/c1-2-12-8-9-16(20-11-12)15-6-3-5-13-14-7-4-10-19-18(14)21-17(13)15/h3-11H,2H2,1H3. The van der Waals surface area contributed by atoms with Crippen LogP contribution in [0.5, 0.6) is 0 Å². The molecular formula is C18H14N2O. The number of aryl methyl sites for hydroxylation is 1. The predicted octanol–water partition coefficient (Wildman–Crippen LogP) is 4.61. The zero-order chi connectivity index (χ0) is 14.2. The first kappa shape index (κ1) is 12.1. The topological polar surface area (TPSA) is 38.9 Å². The molecule has 3 nitrogen and oxygen atoms in total. The van der Waals surface area contributed by atoms with Gasteiger partial charge in [0.05, 0.1) is 5.69 Å². The van der Waals surface area contributed by atoms with E-state index in [1.54, 1.807) is 6.20 Å². The summed E-state index contributed by atoms with van der Waals surface area (Å²) >= 11 is 0. The normalized spacial score (nSPS) is 11.3. The number of hydrogen-bond donors (Lipinski definition) is 0. The molecule has 0 aliphatic heterocycles. The molecule has 0 spiro atoms. The molecule has 0 aliphatic carbocycles. The number of aromatic nitrogens is 2. The SMILES string of the molecule is CCc1ccc(-c2cccc3c2oc2ncccc23)nc1. The first-order chi connectivity index (χ1) is 10.4. The van der Waals surface area contributed by atoms with Crippen molar-refractivity contribution < 1.29 is 4.42 Å². The largest absolute Gasteiger partial charge is 0.437 e. The molecule has 4 rings (SSSR count). The molecule has 0 amide bonds. The molecule has 0 saturated carbocycles. The fourth-order valence-corrected chi connectivity index (χ4v) is 2.63. The van der Waals surface area contributed by atoms with Gasteiger partial charge in [0.25, 0.3) is 0 Å². The van der Waals surface area contributed by atoms with Crippen molar-refractivity contribution in [2.24, 2.45) is 0 Å². The molecule has 0 fully saturated rings. The Kier molecular flexibility index (Phi) is 2.71. The molecule has 0 bridgehead atoms. The van der Waals surface area contributed by atoms with Gasteiger partial charge in [-0.05, 0) is 36.2 Å². The van der Waals surface area contributed by atoms with Crippen molar-refractivity contribution in [2.75, 3.05) is 0 Å². The van der Waals surface area contributed by atoms with E-state index in [1.165, 1.54) is 5.56 Å². The summed E-state index contributed by atoms with van der Waals surface area (Å²) < 4.78 is 5.94. The lowest BCUT2D eigenvalue weighted by atomic mass is 10.1. The summed E-state index contributed by atoms with van der Waals surface area (Å²) in [5, 5.41) is 2.12. The van der Waals surface area contributed by atoms with Gasteiger partial charge < -0.3 is 4.42 Å². The summed E-state index contributed by atoms with van der Waals surface area (Å²) in [4.78, 5) is 8.85. The second kappa shape index (κ2) is 4.70. The Morgan fingerprint density at radius 1 is 0.952 bits per heavy atom. The summed E-state index contributed by atoms with van der Waals surface area (Å²) in [6, 6.07) is 14.3. The monoisotopic (exact) mass is 274 g/mol. The quantitative estimate of drug-likeness (QED) is 0.536. The van der Waals surface area contributed by atoms with Crippen LogP contribution >= 0.6 is 0 Å². The van der Waals surface area contributed by atoms with Crippen molar-refractivity contribution in [3.8, 4) is 11.3 Å². The number of fused-ring (bicyclic) bond motifs is 3. The smallest absolute Gasteiger partial charge is 0.227 e. The molecule has 0 N–H and O–H groups in total. The van der Waals surface area contributed by atoms with Gasteiger partial charge in [-0.1, -0.05) is 25.1 Å². The summed E-state index contributed by atoms with van der Waals surface area (Å²) in [7, 11) is 0. The van der Waals surface area contributed by atoms with E-state index in [2.05, 4.69) is 29.0 Å². The number of pyridine rings is 2. The first-order valence-corrected chi connectivity index (χ1v) is 7.08. The predicted molar refractivity (Wildman–Crippen MR) is 84.1 cm³/mol. The maximum Gasteiger partial charge on any atom is 0.227 e. The van der Waals surface area contributed by atoms with E-state index in [1.807, 2.05) is 36.5 Å². The van der Waals surface area contributed by atoms with Gasteiger partial charge in [0.1, 0.15) is 5.58 Å². The van der Waals surface area contributed by atoms with Crippen LogP contribution in [0, 0.1) is 0 Å². The van der Waals surface area contributed by atoms with Crippen LogP contribution in [0.3, 0.4) is 0 Å². The zero-order valence-corrected chi connectivity index (χ0v) is 11.7. The molecule has 0 unspecified atom stereocenters. The van der Waals surface area contributed by atoms with E-state index >= 15 is 0 Å². The number of furan rings is 1. The second-order valence-electron chi connectivity index (χ2n) is 5.05. The van der Waals surface area contributed by atoms with Gasteiger partial charge in [0.15, 0.2) is 0 Å². The molecule has 3 heteroatoms. The van der Waals surface area contributed by atoms with Crippen LogP contribution in [-0.2, 0) is 6.42 Å². The Balaban J connectivity index is 1.99. The fraction of sp³-hybridized carbons (Fsp3) is 0.111. The van der Waals surface area contributed by atoms with Gasteiger partial charge in [0, 0.05) is 28.7 Å². The minimum Gasteiger partial charge on any atom is -0.437 e. The molecule has 0 radical (unpaired) electrons. The van der Waals surface area contributed by atoms with Crippen LogP contribution in [0.2, 0.25) is 0 Å². The third kappa shape index (κ3) is 1.89. The molecule has 0 atom stereocenters. The summed E-state index contributed by atoms with van der Waals surface area (Å²) in [5.74, 6) is 0.